The zero-order valence-corrected chi connectivity index (χ0v) is 16.3. The number of amides is 1. The molecule has 1 unspecified atom stereocenters. The Hall–Kier alpha value is -3.08. The first-order valence-electron chi connectivity index (χ1n) is 10.1. The molecular formula is C24H25NO4. The molecule has 1 N–H and O–H groups in total. The fraction of sp³-hybridized carbons (Fsp3) is 0.333. The van der Waals surface area contributed by atoms with E-state index in [1.165, 1.54) is 4.90 Å². The van der Waals surface area contributed by atoms with Crippen LogP contribution in [0.4, 0.5) is 4.79 Å². The van der Waals surface area contributed by atoms with Gasteiger partial charge in [-0.05, 0) is 47.9 Å². The first kappa shape index (κ1) is 19.2. The summed E-state index contributed by atoms with van der Waals surface area (Å²) in [4.78, 5) is 26.4. The molecule has 1 aliphatic carbocycles. The molecule has 2 aromatic carbocycles. The fourth-order valence-electron chi connectivity index (χ4n) is 4.74. The van der Waals surface area contributed by atoms with E-state index in [-0.39, 0.29) is 18.9 Å². The van der Waals surface area contributed by atoms with E-state index >= 15 is 0 Å². The van der Waals surface area contributed by atoms with Crippen molar-refractivity contribution < 1.29 is 19.4 Å². The molecule has 1 heterocycles. The van der Waals surface area contributed by atoms with E-state index in [4.69, 9.17) is 4.74 Å². The summed E-state index contributed by atoms with van der Waals surface area (Å²) >= 11 is 0. The smallest absolute Gasteiger partial charge is 0.410 e. The van der Waals surface area contributed by atoms with Crippen LogP contribution in [0, 0.1) is 0 Å². The van der Waals surface area contributed by atoms with Crippen molar-refractivity contribution in [2.45, 2.75) is 37.1 Å². The third-order valence-electron chi connectivity index (χ3n) is 6.18. The van der Waals surface area contributed by atoms with Crippen LogP contribution in [0.1, 0.15) is 42.7 Å². The Labute approximate surface area is 170 Å². The van der Waals surface area contributed by atoms with Gasteiger partial charge >= 0.3 is 12.1 Å². The van der Waals surface area contributed by atoms with Gasteiger partial charge in [0.25, 0.3) is 0 Å². The second-order valence-electron chi connectivity index (χ2n) is 7.74. The quantitative estimate of drug-likeness (QED) is 0.742. The molecule has 29 heavy (non-hydrogen) atoms. The number of aliphatic carboxylic acids is 1. The fourth-order valence-corrected chi connectivity index (χ4v) is 4.74. The van der Waals surface area contributed by atoms with Crippen molar-refractivity contribution in [3.05, 3.63) is 72.3 Å². The van der Waals surface area contributed by atoms with Crippen LogP contribution in [0.3, 0.4) is 0 Å². The number of hydrogen-bond donors (Lipinski definition) is 1. The molecule has 2 aliphatic rings. The Kier molecular flexibility index (Phi) is 5.14. The first-order chi connectivity index (χ1) is 14.1. The molecule has 5 nitrogen and oxygen atoms in total. The maximum atomic E-state index is 13.0. The number of carbonyl (C=O) groups is 2. The van der Waals surface area contributed by atoms with Gasteiger partial charge in [0.1, 0.15) is 12.1 Å². The van der Waals surface area contributed by atoms with E-state index < -0.39 is 17.6 Å². The summed E-state index contributed by atoms with van der Waals surface area (Å²) in [6.45, 7) is 4.27. The Morgan fingerprint density at radius 2 is 1.72 bits per heavy atom. The molecule has 1 atom stereocenters. The van der Waals surface area contributed by atoms with Gasteiger partial charge < -0.3 is 9.84 Å². The van der Waals surface area contributed by atoms with Crippen LogP contribution in [-0.4, -0.2) is 40.8 Å². The lowest BCUT2D eigenvalue weighted by atomic mass is 9.84. The van der Waals surface area contributed by atoms with Crippen molar-refractivity contribution in [1.82, 2.24) is 4.90 Å². The highest BCUT2D eigenvalue weighted by molar-refractivity contribution is 5.85. The van der Waals surface area contributed by atoms with Gasteiger partial charge in [-0.2, -0.15) is 0 Å². The molecule has 0 bridgehead atoms. The number of ether oxygens (including phenoxy) is 1. The van der Waals surface area contributed by atoms with Crippen LogP contribution in [0.25, 0.3) is 11.1 Å². The number of rotatable bonds is 5. The van der Waals surface area contributed by atoms with Gasteiger partial charge in [-0.25, -0.2) is 9.59 Å². The van der Waals surface area contributed by atoms with Crippen LogP contribution in [0.2, 0.25) is 0 Å². The van der Waals surface area contributed by atoms with Gasteiger partial charge in [0, 0.05) is 12.5 Å². The monoisotopic (exact) mass is 391 g/mol. The number of likely N-dealkylation sites (tertiary alicyclic amines) is 1. The number of carbonyl (C=O) groups excluding carboxylic acids is 1. The summed E-state index contributed by atoms with van der Waals surface area (Å²) in [7, 11) is 0. The van der Waals surface area contributed by atoms with E-state index in [1.54, 1.807) is 6.08 Å². The Morgan fingerprint density at radius 3 is 2.31 bits per heavy atom. The van der Waals surface area contributed by atoms with E-state index in [0.29, 0.717) is 13.0 Å². The number of benzene rings is 2. The summed E-state index contributed by atoms with van der Waals surface area (Å²) in [5.74, 6) is -1.04. The van der Waals surface area contributed by atoms with Crippen LogP contribution in [0.5, 0.6) is 0 Å². The topological polar surface area (TPSA) is 66.8 Å². The van der Waals surface area contributed by atoms with E-state index in [2.05, 4.69) is 30.8 Å². The minimum atomic E-state index is -1.26. The van der Waals surface area contributed by atoms with Crippen molar-refractivity contribution in [3.8, 4) is 11.1 Å². The minimum absolute atomic E-state index is 0.0465. The van der Waals surface area contributed by atoms with Gasteiger partial charge in [0.2, 0.25) is 0 Å². The maximum absolute atomic E-state index is 13.0. The molecule has 1 fully saturated rings. The molecule has 0 aromatic heterocycles. The first-order valence-corrected chi connectivity index (χ1v) is 10.1. The van der Waals surface area contributed by atoms with Gasteiger partial charge in [-0.15, -0.1) is 6.58 Å². The Bertz CT molecular complexity index is 908. The highest BCUT2D eigenvalue weighted by Gasteiger charge is 2.48. The van der Waals surface area contributed by atoms with E-state index in [1.807, 2.05) is 24.3 Å². The van der Waals surface area contributed by atoms with Gasteiger partial charge in [-0.3, -0.25) is 4.90 Å². The maximum Gasteiger partial charge on any atom is 0.410 e. The third kappa shape index (κ3) is 3.20. The minimum Gasteiger partial charge on any atom is -0.479 e. The predicted molar refractivity (Wildman–Crippen MR) is 111 cm³/mol. The van der Waals surface area contributed by atoms with Gasteiger partial charge in [0.05, 0.1) is 0 Å². The summed E-state index contributed by atoms with van der Waals surface area (Å²) in [5.41, 5.74) is 3.33. The standard InChI is InChI=1S/C24H25NO4/c1-2-13-24(22(26)27)14-7-8-15-25(24)23(28)29-16-21-19-11-5-3-9-17(19)18-10-4-6-12-20(18)21/h2-6,9-12,21H,1,7-8,13-16H2,(H,26,27). The summed E-state index contributed by atoms with van der Waals surface area (Å²) in [5, 5.41) is 9.88. The largest absolute Gasteiger partial charge is 0.479 e. The zero-order chi connectivity index (χ0) is 20.4. The molecule has 0 radical (unpaired) electrons. The number of fused-ring (bicyclic) bond motifs is 3. The van der Waals surface area contributed by atoms with Crippen LogP contribution >= 0.6 is 0 Å². The highest BCUT2D eigenvalue weighted by atomic mass is 16.6. The second kappa shape index (κ2) is 7.74. The lowest BCUT2D eigenvalue weighted by Gasteiger charge is -2.42. The van der Waals surface area contributed by atoms with E-state index in [9.17, 15) is 14.7 Å². The lowest BCUT2D eigenvalue weighted by Crippen LogP contribution is -2.59. The van der Waals surface area contributed by atoms with Crippen molar-refractivity contribution >= 4 is 12.1 Å². The molecule has 2 aromatic rings. The summed E-state index contributed by atoms with van der Waals surface area (Å²) < 4.78 is 5.72. The molecule has 0 saturated carbocycles. The number of piperidine rings is 1. The van der Waals surface area contributed by atoms with Crippen molar-refractivity contribution in [3.63, 3.8) is 0 Å². The molecule has 5 heteroatoms. The lowest BCUT2D eigenvalue weighted by molar-refractivity contribution is -0.152. The average Bonchev–Trinajstić information content (AvgIpc) is 3.06. The molecule has 1 amide bonds. The number of carboxylic acids is 1. The molecular weight excluding hydrogens is 366 g/mol. The third-order valence-corrected chi connectivity index (χ3v) is 6.18. The van der Waals surface area contributed by atoms with Crippen LogP contribution in [-0.2, 0) is 9.53 Å². The van der Waals surface area contributed by atoms with Crippen LogP contribution < -0.4 is 0 Å². The molecule has 150 valence electrons. The molecule has 0 spiro atoms. The molecule has 1 aliphatic heterocycles. The number of hydrogen-bond acceptors (Lipinski definition) is 3. The summed E-state index contributed by atoms with van der Waals surface area (Å²) in [6, 6.07) is 16.3. The van der Waals surface area contributed by atoms with Crippen molar-refractivity contribution in [1.29, 1.82) is 0 Å². The van der Waals surface area contributed by atoms with Crippen LogP contribution in [0.15, 0.2) is 61.2 Å². The zero-order valence-electron chi connectivity index (χ0n) is 16.3. The highest BCUT2D eigenvalue weighted by Crippen LogP contribution is 2.44. The van der Waals surface area contributed by atoms with Crippen molar-refractivity contribution in [2.75, 3.05) is 13.2 Å². The number of nitrogens with zero attached hydrogens (tertiary/aromatic N) is 1. The molecule has 1 saturated heterocycles. The SMILES string of the molecule is C=CCC1(C(=O)O)CCCCN1C(=O)OCC1c2ccccc2-c2ccccc21. The summed E-state index contributed by atoms with van der Waals surface area (Å²) in [6.07, 6.45) is 3.19. The normalized spacial score (nSPS) is 20.6. The predicted octanol–water partition coefficient (Wildman–Crippen LogP) is 4.82. The second-order valence-corrected chi connectivity index (χ2v) is 7.74. The Balaban J connectivity index is 1.57. The molecule has 4 rings (SSSR count). The van der Waals surface area contributed by atoms with Crippen molar-refractivity contribution in [2.24, 2.45) is 0 Å². The Morgan fingerprint density at radius 1 is 1.10 bits per heavy atom. The number of carboxylic acid groups (broad SMARTS) is 1. The van der Waals surface area contributed by atoms with Gasteiger partial charge in [-0.1, -0.05) is 54.6 Å². The van der Waals surface area contributed by atoms with Gasteiger partial charge in [0.15, 0.2) is 0 Å². The van der Waals surface area contributed by atoms with E-state index in [0.717, 1.165) is 35.1 Å². The average molecular weight is 391 g/mol.